The highest BCUT2D eigenvalue weighted by Gasteiger charge is 2.40. The number of imidazole rings is 1. The Balaban J connectivity index is 1.44. The Labute approximate surface area is 357 Å². The van der Waals surface area contributed by atoms with Crippen LogP contribution in [-0.4, -0.2) is 110 Å². The first kappa shape index (κ1) is 47.2. The van der Waals surface area contributed by atoms with Gasteiger partial charge in [-0.3, -0.25) is 30.0 Å². The summed E-state index contributed by atoms with van der Waals surface area (Å²) in [5.41, 5.74) is -1.62. The SMILES string of the molecule is CNC(=O)[C@H](CCCCN=C(NC(=O)OC(C)(C)C)NC(=O)OC(C)(C)C)NC(=O)c1csc([C@H]2C[C@@H](NC(=O)OC(C)(C)C)CN2C(=O)c2cn3cc(Cl)ccc3n2)n1. The van der Waals surface area contributed by atoms with Crippen molar-refractivity contribution in [3.05, 3.63) is 51.3 Å². The number of carbonyl (C=O) groups excluding carboxylic acids is 6. The maximum absolute atomic E-state index is 14.0. The van der Waals surface area contributed by atoms with Crippen LogP contribution >= 0.6 is 22.9 Å². The maximum atomic E-state index is 14.0. The van der Waals surface area contributed by atoms with Gasteiger partial charge in [0.25, 0.3) is 11.8 Å². The second-order valence-corrected chi connectivity index (χ2v) is 18.3. The third-order valence-electron chi connectivity index (χ3n) is 8.23. The minimum absolute atomic E-state index is 0.0397. The molecule has 3 atom stereocenters. The molecule has 0 bridgehead atoms. The lowest BCUT2D eigenvalue weighted by atomic mass is 10.1. The van der Waals surface area contributed by atoms with E-state index in [0.29, 0.717) is 28.5 Å². The number of fused-ring (bicyclic) bond motifs is 1. The molecule has 60 heavy (non-hydrogen) atoms. The summed E-state index contributed by atoms with van der Waals surface area (Å²) in [7, 11) is 1.45. The summed E-state index contributed by atoms with van der Waals surface area (Å²) >= 11 is 7.31. The number of hydrogen-bond donors (Lipinski definition) is 5. The van der Waals surface area contributed by atoms with Gasteiger partial charge in [-0.05, 0) is 100 Å². The molecular formula is C39H55ClN10O9S. The lowest BCUT2D eigenvalue weighted by Crippen LogP contribution is -2.47. The number of likely N-dealkylation sites (N-methyl/N-ethyl adjacent to an activating group) is 1. The maximum Gasteiger partial charge on any atom is 0.414 e. The summed E-state index contributed by atoms with van der Waals surface area (Å²) < 4.78 is 17.7. The Hall–Kier alpha value is -5.50. The molecule has 0 aliphatic carbocycles. The first-order valence-corrected chi connectivity index (χ1v) is 20.6. The van der Waals surface area contributed by atoms with Gasteiger partial charge in [-0.15, -0.1) is 11.3 Å². The average Bonchev–Trinajstić information content (AvgIpc) is 3.86. The Kier molecular flexibility index (Phi) is 15.5. The molecular weight excluding hydrogens is 820 g/mol. The number of nitrogens with zero attached hydrogens (tertiary/aromatic N) is 5. The second-order valence-electron chi connectivity index (χ2n) is 17.0. The first-order valence-electron chi connectivity index (χ1n) is 19.4. The standard InChI is InChI=1S/C39H55ClN10O9S/c1-37(2,3)57-34(54)43-23-17-27(50(19-23)32(53)25-20-49-18-22(40)14-15-28(49)44-25)31-46-26(21-60-31)30(52)45-24(29(51)41-10)13-11-12-16-42-33(47-35(55)58-38(4,5)6)48-36(56)59-39(7,8)9/h14-15,18,20-21,23-24,27H,11-13,16-17,19H2,1-10H3,(H,41,51)(H,43,54)(H,45,52)(H2,42,47,48,55,56)/t23-,24+,27-/m1/s1. The van der Waals surface area contributed by atoms with Gasteiger partial charge >= 0.3 is 18.3 Å². The first-order chi connectivity index (χ1) is 27.9. The number of alkyl carbamates (subject to hydrolysis) is 3. The number of carbonyl (C=O) groups is 6. The zero-order chi connectivity index (χ0) is 44.6. The van der Waals surface area contributed by atoms with Gasteiger partial charge in [0, 0.05) is 37.9 Å². The van der Waals surface area contributed by atoms with Gasteiger partial charge < -0.3 is 39.5 Å². The minimum atomic E-state index is -0.939. The number of pyridine rings is 1. The molecule has 1 fully saturated rings. The molecule has 0 unspecified atom stereocenters. The average molecular weight is 875 g/mol. The van der Waals surface area contributed by atoms with E-state index in [1.807, 2.05) is 0 Å². The smallest absolute Gasteiger partial charge is 0.414 e. The zero-order valence-corrected chi connectivity index (χ0v) is 37.1. The summed E-state index contributed by atoms with van der Waals surface area (Å²) in [6, 6.07) is 1.29. The minimum Gasteiger partial charge on any atom is -0.444 e. The van der Waals surface area contributed by atoms with Crippen LogP contribution in [-0.2, 0) is 19.0 Å². The number of thiazole rings is 1. The van der Waals surface area contributed by atoms with E-state index in [4.69, 9.17) is 25.8 Å². The Morgan fingerprint density at radius 2 is 1.48 bits per heavy atom. The fourth-order valence-corrected chi connectivity index (χ4v) is 6.96. The van der Waals surface area contributed by atoms with Crippen LogP contribution in [0.2, 0.25) is 5.02 Å². The summed E-state index contributed by atoms with van der Waals surface area (Å²) in [6.45, 7) is 15.7. The lowest BCUT2D eigenvalue weighted by Gasteiger charge is -2.22. The van der Waals surface area contributed by atoms with Gasteiger partial charge in [0.05, 0.1) is 17.1 Å². The van der Waals surface area contributed by atoms with E-state index in [2.05, 4.69) is 41.5 Å². The molecule has 1 saturated heterocycles. The van der Waals surface area contributed by atoms with Crippen LogP contribution in [0.25, 0.3) is 5.65 Å². The number of hydrogen-bond acceptors (Lipinski definition) is 13. The Bertz CT molecular complexity index is 2050. The van der Waals surface area contributed by atoms with Gasteiger partial charge in [0.2, 0.25) is 11.9 Å². The van der Waals surface area contributed by atoms with Crippen LogP contribution in [0.3, 0.4) is 0 Å². The van der Waals surface area contributed by atoms with Crippen LogP contribution in [0.5, 0.6) is 0 Å². The normalized spacial score (nSPS) is 16.0. The Morgan fingerprint density at radius 3 is 2.08 bits per heavy atom. The molecule has 1 aliphatic rings. The van der Waals surface area contributed by atoms with Crippen LogP contribution < -0.4 is 26.6 Å². The number of guanidine groups is 1. The number of ether oxygens (including phenoxy) is 3. The van der Waals surface area contributed by atoms with E-state index in [1.165, 1.54) is 18.4 Å². The highest BCUT2D eigenvalue weighted by molar-refractivity contribution is 7.10. The van der Waals surface area contributed by atoms with Crippen molar-refractivity contribution in [2.45, 2.75) is 123 Å². The molecule has 1 aliphatic heterocycles. The molecule has 4 heterocycles. The van der Waals surface area contributed by atoms with Crippen LogP contribution in [0.15, 0.2) is 34.9 Å². The molecule has 19 nitrogen and oxygen atoms in total. The van der Waals surface area contributed by atoms with E-state index < -0.39 is 70.9 Å². The number of unbranched alkanes of at least 4 members (excludes halogenated alkanes) is 1. The van der Waals surface area contributed by atoms with Crippen molar-refractivity contribution in [3.63, 3.8) is 0 Å². The van der Waals surface area contributed by atoms with Crippen LogP contribution in [0, 0.1) is 0 Å². The number of rotatable bonds is 11. The predicted octanol–water partition coefficient (Wildman–Crippen LogP) is 5.34. The number of aromatic nitrogens is 3. The van der Waals surface area contributed by atoms with E-state index in [-0.39, 0.29) is 43.3 Å². The molecule has 5 N–H and O–H groups in total. The topological polar surface area (TPSA) is 236 Å². The number of halogens is 1. The van der Waals surface area contributed by atoms with Crippen molar-refractivity contribution in [3.8, 4) is 0 Å². The molecule has 3 aromatic rings. The number of aliphatic imine (C=N–C) groups is 1. The third-order valence-corrected chi connectivity index (χ3v) is 9.40. The largest absolute Gasteiger partial charge is 0.444 e. The number of amides is 6. The fourth-order valence-electron chi connectivity index (χ4n) is 5.87. The van der Waals surface area contributed by atoms with Crippen molar-refractivity contribution in [1.29, 1.82) is 0 Å². The third kappa shape index (κ3) is 14.6. The highest BCUT2D eigenvalue weighted by atomic mass is 35.5. The van der Waals surface area contributed by atoms with Gasteiger partial charge in [-0.2, -0.15) is 0 Å². The van der Waals surface area contributed by atoms with E-state index in [9.17, 15) is 28.8 Å². The quantitative estimate of drug-likeness (QED) is 0.0713. The molecule has 21 heteroatoms. The molecule has 6 amide bonds. The second kappa shape index (κ2) is 19.7. The van der Waals surface area contributed by atoms with Crippen molar-refractivity contribution in [2.75, 3.05) is 20.1 Å². The molecule has 3 aromatic heterocycles. The molecule has 0 radical (unpaired) electrons. The van der Waals surface area contributed by atoms with Crippen molar-refractivity contribution >= 4 is 70.5 Å². The van der Waals surface area contributed by atoms with E-state index in [1.54, 1.807) is 102 Å². The monoisotopic (exact) mass is 874 g/mol. The molecule has 328 valence electrons. The number of likely N-dealkylation sites (tertiary alicyclic amines) is 1. The van der Waals surface area contributed by atoms with Crippen LogP contribution in [0.1, 0.15) is 120 Å². The summed E-state index contributed by atoms with van der Waals surface area (Å²) in [5, 5.41) is 15.5. The zero-order valence-electron chi connectivity index (χ0n) is 35.6. The van der Waals surface area contributed by atoms with Crippen LogP contribution in [0.4, 0.5) is 14.4 Å². The molecule has 4 rings (SSSR count). The van der Waals surface area contributed by atoms with E-state index in [0.717, 1.165) is 0 Å². The lowest BCUT2D eigenvalue weighted by molar-refractivity contribution is -0.122. The van der Waals surface area contributed by atoms with Gasteiger partial charge in [0.15, 0.2) is 0 Å². The highest BCUT2D eigenvalue weighted by Crippen LogP contribution is 2.35. The Morgan fingerprint density at radius 1 is 0.867 bits per heavy atom. The molecule has 0 saturated carbocycles. The predicted molar refractivity (Wildman–Crippen MR) is 224 cm³/mol. The van der Waals surface area contributed by atoms with Gasteiger partial charge in [-0.25, -0.2) is 24.4 Å². The fraction of sp³-hybridized carbons (Fsp3) is 0.564. The van der Waals surface area contributed by atoms with Crippen molar-refractivity contribution in [1.82, 2.24) is 45.9 Å². The summed E-state index contributed by atoms with van der Waals surface area (Å²) in [5.74, 6) is -1.62. The van der Waals surface area contributed by atoms with Gasteiger partial charge in [-0.1, -0.05) is 11.6 Å². The number of nitrogens with one attached hydrogen (secondary N) is 5. The molecule has 0 spiro atoms. The van der Waals surface area contributed by atoms with Crippen molar-refractivity contribution < 1.29 is 43.0 Å². The summed E-state index contributed by atoms with van der Waals surface area (Å²) in [4.78, 5) is 92.9. The molecule has 0 aromatic carbocycles. The van der Waals surface area contributed by atoms with Gasteiger partial charge in [0.1, 0.15) is 44.9 Å². The summed E-state index contributed by atoms with van der Waals surface area (Å²) in [6.07, 6.45) is 2.24. The van der Waals surface area contributed by atoms with Crippen molar-refractivity contribution in [2.24, 2.45) is 4.99 Å². The van der Waals surface area contributed by atoms with E-state index >= 15 is 0 Å².